The zero-order chi connectivity index (χ0) is 17.7. The third kappa shape index (κ3) is 5.27. The van der Waals surface area contributed by atoms with Gasteiger partial charge in [0.2, 0.25) is 5.91 Å². The fourth-order valence-electron chi connectivity index (χ4n) is 1.83. The summed E-state index contributed by atoms with van der Waals surface area (Å²) in [4.78, 5) is 22.7. The average Bonchev–Trinajstić information content (AvgIpc) is 2.50. The third-order valence-corrected chi connectivity index (χ3v) is 3.21. The minimum atomic E-state index is -4.95. The molecule has 0 heterocycles. The van der Waals surface area contributed by atoms with E-state index in [1.165, 1.54) is 24.3 Å². The summed E-state index contributed by atoms with van der Waals surface area (Å²) in [5.74, 6) is -2.34. The number of hydrogen-bond acceptors (Lipinski definition) is 2. The Morgan fingerprint density at radius 1 is 0.875 bits per heavy atom. The highest BCUT2D eigenvalue weighted by Crippen LogP contribution is 2.20. The molecule has 2 aromatic carbocycles. The van der Waals surface area contributed by atoms with Gasteiger partial charge in [0, 0.05) is 16.4 Å². The van der Waals surface area contributed by atoms with Gasteiger partial charge in [-0.05, 0) is 42.0 Å². The molecule has 0 aromatic heterocycles. The second-order valence-corrected chi connectivity index (χ2v) is 5.32. The summed E-state index contributed by atoms with van der Waals surface area (Å²) in [6.45, 7) is 0. The van der Waals surface area contributed by atoms with Crippen LogP contribution in [0.4, 0.5) is 24.5 Å². The number of rotatable bonds is 4. The van der Waals surface area contributed by atoms with E-state index in [1.807, 2.05) is 0 Å². The van der Waals surface area contributed by atoms with E-state index >= 15 is 0 Å². The number of nitrogens with one attached hydrogen (secondary N) is 2. The van der Waals surface area contributed by atoms with Crippen LogP contribution in [0.5, 0.6) is 0 Å². The van der Waals surface area contributed by atoms with Crippen LogP contribution in [-0.4, -0.2) is 18.0 Å². The summed E-state index contributed by atoms with van der Waals surface area (Å²) in [5.41, 5.74) is 1.15. The summed E-state index contributed by atoms with van der Waals surface area (Å²) >= 11 is 5.76. The highest BCUT2D eigenvalue weighted by Gasteiger charge is 2.38. The van der Waals surface area contributed by atoms with Crippen LogP contribution in [0.2, 0.25) is 5.02 Å². The van der Waals surface area contributed by atoms with Crippen molar-refractivity contribution in [1.82, 2.24) is 0 Å². The molecular weight excluding hydrogens is 345 g/mol. The van der Waals surface area contributed by atoms with Crippen LogP contribution in [0.15, 0.2) is 48.5 Å². The number of hydrogen-bond donors (Lipinski definition) is 2. The highest BCUT2D eigenvalue weighted by molar-refractivity contribution is 6.30. The van der Waals surface area contributed by atoms with Crippen LogP contribution in [-0.2, 0) is 16.0 Å². The predicted octanol–water partition coefficient (Wildman–Crippen LogP) is 4.02. The van der Waals surface area contributed by atoms with Crippen LogP contribution in [0, 0.1) is 0 Å². The lowest BCUT2D eigenvalue weighted by molar-refractivity contribution is -0.167. The zero-order valence-electron chi connectivity index (χ0n) is 12.2. The van der Waals surface area contributed by atoms with E-state index in [0.717, 1.165) is 5.56 Å². The summed E-state index contributed by atoms with van der Waals surface area (Å²) < 4.78 is 36.4. The van der Waals surface area contributed by atoms with Crippen LogP contribution in [0.1, 0.15) is 5.56 Å². The van der Waals surface area contributed by atoms with Crippen molar-refractivity contribution in [2.24, 2.45) is 0 Å². The maximum absolute atomic E-state index is 12.1. The first-order valence-corrected chi connectivity index (χ1v) is 7.14. The van der Waals surface area contributed by atoms with E-state index in [-0.39, 0.29) is 18.0 Å². The van der Waals surface area contributed by atoms with Gasteiger partial charge in [-0.15, -0.1) is 0 Å². The molecule has 0 fully saturated rings. The Balaban J connectivity index is 1.92. The van der Waals surface area contributed by atoms with Crippen molar-refractivity contribution in [3.05, 3.63) is 59.1 Å². The lowest BCUT2D eigenvalue weighted by Crippen LogP contribution is -2.29. The van der Waals surface area contributed by atoms with Crippen LogP contribution >= 0.6 is 11.6 Å². The maximum Gasteiger partial charge on any atom is 0.471 e. The van der Waals surface area contributed by atoms with E-state index in [4.69, 9.17) is 11.6 Å². The van der Waals surface area contributed by atoms with Crippen LogP contribution in [0.25, 0.3) is 0 Å². The van der Waals surface area contributed by atoms with E-state index in [2.05, 4.69) is 5.32 Å². The molecule has 0 atom stereocenters. The molecule has 2 rings (SSSR count). The molecular formula is C16H12ClF3N2O2. The van der Waals surface area contributed by atoms with Crippen molar-refractivity contribution < 1.29 is 22.8 Å². The molecule has 0 unspecified atom stereocenters. The Labute approximate surface area is 140 Å². The van der Waals surface area contributed by atoms with Crippen molar-refractivity contribution in [3.8, 4) is 0 Å². The second kappa shape index (κ2) is 7.35. The molecule has 4 nitrogen and oxygen atoms in total. The molecule has 0 saturated heterocycles. The largest absolute Gasteiger partial charge is 0.471 e. The SMILES string of the molecule is O=C(Cc1ccc(Cl)cc1)Nc1ccc(NC(=O)C(F)(F)F)cc1. The van der Waals surface area contributed by atoms with Gasteiger partial charge in [-0.3, -0.25) is 9.59 Å². The number of benzene rings is 2. The van der Waals surface area contributed by atoms with Gasteiger partial charge in [-0.1, -0.05) is 23.7 Å². The minimum Gasteiger partial charge on any atom is -0.326 e. The molecule has 2 N–H and O–H groups in total. The highest BCUT2D eigenvalue weighted by atomic mass is 35.5. The Bertz CT molecular complexity index is 728. The lowest BCUT2D eigenvalue weighted by atomic mass is 10.1. The summed E-state index contributed by atoms with van der Waals surface area (Å²) in [6, 6.07) is 12.1. The van der Waals surface area contributed by atoms with Gasteiger partial charge in [0.15, 0.2) is 0 Å². The smallest absolute Gasteiger partial charge is 0.326 e. The molecule has 0 aliphatic rings. The number of carbonyl (C=O) groups is 2. The molecule has 24 heavy (non-hydrogen) atoms. The first-order chi connectivity index (χ1) is 11.2. The van der Waals surface area contributed by atoms with Crippen molar-refractivity contribution >= 4 is 34.8 Å². The van der Waals surface area contributed by atoms with Gasteiger partial charge in [0.25, 0.3) is 0 Å². The van der Waals surface area contributed by atoms with E-state index in [1.54, 1.807) is 29.6 Å². The van der Waals surface area contributed by atoms with Gasteiger partial charge in [0.1, 0.15) is 0 Å². The van der Waals surface area contributed by atoms with Gasteiger partial charge < -0.3 is 10.6 Å². The molecule has 0 radical (unpaired) electrons. The normalized spacial score (nSPS) is 11.0. The minimum absolute atomic E-state index is 0.0203. The monoisotopic (exact) mass is 356 g/mol. The summed E-state index contributed by atoms with van der Waals surface area (Å²) in [6.07, 6.45) is -4.82. The van der Waals surface area contributed by atoms with Crippen LogP contribution in [0.3, 0.4) is 0 Å². The first kappa shape index (κ1) is 17.8. The number of amides is 2. The first-order valence-electron chi connectivity index (χ1n) is 6.76. The van der Waals surface area contributed by atoms with Gasteiger partial charge in [0.05, 0.1) is 6.42 Å². The molecule has 0 aliphatic heterocycles. The predicted molar refractivity (Wildman–Crippen MR) is 84.9 cm³/mol. The Hall–Kier alpha value is -2.54. The zero-order valence-corrected chi connectivity index (χ0v) is 12.9. The molecule has 2 aromatic rings. The molecule has 0 saturated carbocycles. The van der Waals surface area contributed by atoms with Gasteiger partial charge in [-0.2, -0.15) is 13.2 Å². The molecule has 0 aliphatic carbocycles. The van der Waals surface area contributed by atoms with E-state index in [0.29, 0.717) is 10.7 Å². The van der Waals surface area contributed by atoms with Crippen molar-refractivity contribution in [2.75, 3.05) is 10.6 Å². The molecule has 0 bridgehead atoms. The fourth-order valence-corrected chi connectivity index (χ4v) is 1.96. The Morgan fingerprint density at radius 3 is 1.88 bits per heavy atom. The summed E-state index contributed by atoms with van der Waals surface area (Å²) in [5, 5.41) is 4.89. The Kier molecular flexibility index (Phi) is 5.46. The number of anilines is 2. The number of alkyl halides is 3. The second-order valence-electron chi connectivity index (χ2n) is 4.88. The third-order valence-electron chi connectivity index (χ3n) is 2.96. The van der Waals surface area contributed by atoms with Gasteiger partial charge >= 0.3 is 12.1 Å². The van der Waals surface area contributed by atoms with Gasteiger partial charge in [-0.25, -0.2) is 0 Å². The standard InChI is InChI=1S/C16H12ClF3N2O2/c17-11-3-1-10(2-4-11)9-14(23)21-12-5-7-13(8-6-12)22-15(24)16(18,19)20/h1-8H,9H2,(H,21,23)(H,22,24). The van der Waals surface area contributed by atoms with E-state index < -0.39 is 12.1 Å². The van der Waals surface area contributed by atoms with Crippen molar-refractivity contribution in [1.29, 1.82) is 0 Å². The molecule has 0 spiro atoms. The number of carbonyl (C=O) groups excluding carboxylic acids is 2. The van der Waals surface area contributed by atoms with Crippen molar-refractivity contribution in [3.63, 3.8) is 0 Å². The summed E-state index contributed by atoms with van der Waals surface area (Å²) in [7, 11) is 0. The average molecular weight is 357 g/mol. The molecule has 8 heteroatoms. The Morgan fingerprint density at radius 2 is 1.38 bits per heavy atom. The molecule has 2 amide bonds. The number of halogens is 4. The lowest BCUT2D eigenvalue weighted by Gasteiger charge is -2.09. The topological polar surface area (TPSA) is 58.2 Å². The quantitative estimate of drug-likeness (QED) is 0.869. The maximum atomic E-state index is 12.1. The van der Waals surface area contributed by atoms with Crippen molar-refractivity contribution in [2.45, 2.75) is 12.6 Å². The van der Waals surface area contributed by atoms with Crippen LogP contribution < -0.4 is 10.6 Å². The van der Waals surface area contributed by atoms with E-state index in [9.17, 15) is 22.8 Å². The molecule has 126 valence electrons. The fraction of sp³-hybridized carbons (Fsp3) is 0.125.